The van der Waals surface area contributed by atoms with Gasteiger partial charge in [-0.15, -0.1) is 0 Å². The standard InChI is InChI=1S/C20H26N2O2/c1-13-8-14(2)10-16(9-13)11-19(22-20(23)15(3)21)17-6-5-7-18(12-17)24-4/h5-10,12,15,19H,11,21H2,1-4H3,(H,22,23)/t15-,19?/m1/s1. The fraction of sp³-hybridized carbons (Fsp3) is 0.350. The molecule has 2 atom stereocenters. The fourth-order valence-corrected chi connectivity index (χ4v) is 2.84. The van der Waals surface area contributed by atoms with Crippen LogP contribution in [0.3, 0.4) is 0 Å². The Labute approximate surface area is 144 Å². The van der Waals surface area contributed by atoms with E-state index in [1.165, 1.54) is 16.7 Å². The first-order valence-corrected chi connectivity index (χ1v) is 8.16. The van der Waals surface area contributed by atoms with E-state index >= 15 is 0 Å². The van der Waals surface area contributed by atoms with Crippen LogP contribution in [0, 0.1) is 13.8 Å². The van der Waals surface area contributed by atoms with E-state index in [0.717, 1.165) is 11.3 Å². The van der Waals surface area contributed by atoms with Crippen LogP contribution in [0.25, 0.3) is 0 Å². The van der Waals surface area contributed by atoms with Gasteiger partial charge in [0.2, 0.25) is 5.91 Å². The van der Waals surface area contributed by atoms with Crippen LogP contribution >= 0.6 is 0 Å². The molecule has 0 spiro atoms. The summed E-state index contributed by atoms with van der Waals surface area (Å²) >= 11 is 0. The lowest BCUT2D eigenvalue weighted by atomic mass is 9.96. The number of rotatable bonds is 6. The van der Waals surface area contributed by atoms with Crippen LogP contribution < -0.4 is 15.8 Å². The van der Waals surface area contributed by atoms with Crippen LogP contribution in [-0.4, -0.2) is 19.1 Å². The second-order valence-electron chi connectivity index (χ2n) is 6.33. The average Bonchev–Trinajstić information content (AvgIpc) is 2.53. The number of benzene rings is 2. The lowest BCUT2D eigenvalue weighted by Crippen LogP contribution is -2.40. The molecule has 3 N–H and O–H groups in total. The number of carbonyl (C=O) groups is 1. The molecule has 0 aliphatic rings. The van der Waals surface area contributed by atoms with Crippen LogP contribution in [0.5, 0.6) is 5.75 Å². The minimum absolute atomic E-state index is 0.153. The van der Waals surface area contributed by atoms with Gasteiger partial charge in [0.25, 0.3) is 0 Å². The highest BCUT2D eigenvalue weighted by atomic mass is 16.5. The molecule has 128 valence electrons. The summed E-state index contributed by atoms with van der Waals surface area (Å²) < 4.78 is 5.31. The molecule has 0 aromatic heterocycles. The van der Waals surface area contributed by atoms with Crippen molar-refractivity contribution in [2.75, 3.05) is 7.11 Å². The van der Waals surface area contributed by atoms with Gasteiger partial charge in [-0.2, -0.15) is 0 Å². The smallest absolute Gasteiger partial charge is 0.237 e. The molecular formula is C20H26N2O2. The van der Waals surface area contributed by atoms with Crippen molar-refractivity contribution in [2.45, 2.75) is 39.3 Å². The highest BCUT2D eigenvalue weighted by molar-refractivity contribution is 5.81. The molecular weight excluding hydrogens is 300 g/mol. The number of amides is 1. The second kappa shape index (κ2) is 7.97. The Morgan fingerprint density at radius 1 is 1.17 bits per heavy atom. The number of hydrogen-bond donors (Lipinski definition) is 2. The zero-order valence-corrected chi connectivity index (χ0v) is 14.8. The Balaban J connectivity index is 2.32. The molecule has 2 aromatic carbocycles. The van der Waals surface area contributed by atoms with Crippen molar-refractivity contribution in [3.8, 4) is 5.75 Å². The predicted octanol–water partition coefficient (Wildman–Crippen LogP) is 3.06. The van der Waals surface area contributed by atoms with E-state index in [9.17, 15) is 4.79 Å². The summed E-state index contributed by atoms with van der Waals surface area (Å²) in [6, 6.07) is 13.5. The van der Waals surface area contributed by atoms with Gasteiger partial charge in [-0.25, -0.2) is 0 Å². The summed E-state index contributed by atoms with van der Waals surface area (Å²) in [6.45, 7) is 5.85. The molecule has 2 aromatic rings. The van der Waals surface area contributed by atoms with Crippen LogP contribution in [0.2, 0.25) is 0 Å². The number of methoxy groups -OCH3 is 1. The molecule has 1 amide bonds. The van der Waals surface area contributed by atoms with Gasteiger partial charge in [-0.3, -0.25) is 4.79 Å². The molecule has 0 heterocycles. The van der Waals surface area contributed by atoms with Gasteiger partial charge in [0, 0.05) is 0 Å². The molecule has 24 heavy (non-hydrogen) atoms. The minimum atomic E-state index is -0.544. The van der Waals surface area contributed by atoms with E-state index in [-0.39, 0.29) is 11.9 Å². The minimum Gasteiger partial charge on any atom is -0.497 e. The molecule has 0 bridgehead atoms. The third-order valence-corrected chi connectivity index (χ3v) is 3.95. The third kappa shape index (κ3) is 4.83. The molecule has 0 saturated heterocycles. The summed E-state index contributed by atoms with van der Waals surface area (Å²) in [4.78, 5) is 12.1. The molecule has 1 unspecified atom stereocenters. The molecule has 0 aliphatic carbocycles. The van der Waals surface area contributed by atoms with Crippen molar-refractivity contribution < 1.29 is 9.53 Å². The van der Waals surface area contributed by atoms with Crippen LogP contribution in [-0.2, 0) is 11.2 Å². The lowest BCUT2D eigenvalue weighted by molar-refractivity contribution is -0.122. The van der Waals surface area contributed by atoms with Crippen LogP contribution in [0.1, 0.15) is 35.2 Å². The first-order chi connectivity index (χ1) is 11.4. The monoisotopic (exact) mass is 326 g/mol. The Morgan fingerprint density at radius 2 is 1.83 bits per heavy atom. The van der Waals surface area contributed by atoms with E-state index in [1.54, 1.807) is 14.0 Å². The Kier molecular flexibility index (Phi) is 5.99. The third-order valence-electron chi connectivity index (χ3n) is 3.95. The zero-order valence-electron chi connectivity index (χ0n) is 14.8. The summed E-state index contributed by atoms with van der Waals surface area (Å²) in [5, 5.41) is 3.05. The van der Waals surface area contributed by atoms with Crippen molar-refractivity contribution >= 4 is 5.91 Å². The van der Waals surface area contributed by atoms with Gasteiger partial charge >= 0.3 is 0 Å². The molecule has 0 radical (unpaired) electrons. The highest BCUT2D eigenvalue weighted by Crippen LogP contribution is 2.23. The first-order valence-electron chi connectivity index (χ1n) is 8.16. The maximum atomic E-state index is 12.1. The summed E-state index contributed by atoms with van der Waals surface area (Å²) in [7, 11) is 1.64. The Hall–Kier alpha value is -2.33. The number of carbonyl (C=O) groups excluding carboxylic acids is 1. The fourth-order valence-electron chi connectivity index (χ4n) is 2.84. The SMILES string of the molecule is COc1cccc(C(Cc2cc(C)cc(C)c2)NC(=O)[C@@H](C)N)c1. The van der Waals surface area contributed by atoms with Gasteiger partial charge in [0.05, 0.1) is 19.2 Å². The predicted molar refractivity (Wildman–Crippen MR) is 97.1 cm³/mol. The Bertz CT molecular complexity index is 690. The molecule has 4 nitrogen and oxygen atoms in total. The maximum Gasteiger partial charge on any atom is 0.237 e. The van der Waals surface area contributed by atoms with Crippen molar-refractivity contribution in [3.05, 3.63) is 64.7 Å². The zero-order chi connectivity index (χ0) is 17.7. The summed E-state index contributed by atoms with van der Waals surface area (Å²) in [6.07, 6.45) is 0.703. The Morgan fingerprint density at radius 3 is 2.42 bits per heavy atom. The molecule has 0 aliphatic heterocycles. The molecule has 0 fully saturated rings. The topological polar surface area (TPSA) is 64.3 Å². The van der Waals surface area contributed by atoms with Crippen LogP contribution in [0.4, 0.5) is 0 Å². The van der Waals surface area contributed by atoms with Crippen molar-refractivity contribution in [1.29, 1.82) is 0 Å². The number of ether oxygens (including phenoxy) is 1. The maximum absolute atomic E-state index is 12.1. The molecule has 4 heteroatoms. The quantitative estimate of drug-likeness (QED) is 0.857. The van der Waals surface area contributed by atoms with E-state index in [4.69, 9.17) is 10.5 Å². The summed E-state index contributed by atoms with van der Waals surface area (Å²) in [5.74, 6) is 0.611. The molecule has 0 saturated carbocycles. The number of aryl methyl sites for hydroxylation is 2. The van der Waals surface area contributed by atoms with Gasteiger partial charge in [0.1, 0.15) is 5.75 Å². The number of nitrogens with one attached hydrogen (secondary N) is 1. The van der Waals surface area contributed by atoms with Crippen molar-refractivity contribution in [3.63, 3.8) is 0 Å². The van der Waals surface area contributed by atoms with Crippen molar-refractivity contribution in [1.82, 2.24) is 5.32 Å². The van der Waals surface area contributed by atoms with Crippen LogP contribution in [0.15, 0.2) is 42.5 Å². The lowest BCUT2D eigenvalue weighted by Gasteiger charge is -2.21. The largest absolute Gasteiger partial charge is 0.497 e. The second-order valence-corrected chi connectivity index (χ2v) is 6.33. The van der Waals surface area contributed by atoms with E-state index in [2.05, 4.69) is 37.4 Å². The van der Waals surface area contributed by atoms with Gasteiger partial charge < -0.3 is 15.8 Å². The highest BCUT2D eigenvalue weighted by Gasteiger charge is 2.18. The molecule has 2 rings (SSSR count). The number of hydrogen-bond acceptors (Lipinski definition) is 3. The summed E-state index contributed by atoms with van der Waals surface area (Å²) in [5.41, 5.74) is 10.3. The van der Waals surface area contributed by atoms with E-state index in [1.807, 2.05) is 24.3 Å². The van der Waals surface area contributed by atoms with Gasteiger partial charge in [-0.1, -0.05) is 41.5 Å². The van der Waals surface area contributed by atoms with Gasteiger partial charge in [0.15, 0.2) is 0 Å². The van der Waals surface area contributed by atoms with E-state index < -0.39 is 6.04 Å². The van der Waals surface area contributed by atoms with Crippen molar-refractivity contribution in [2.24, 2.45) is 5.73 Å². The van der Waals surface area contributed by atoms with Gasteiger partial charge in [-0.05, 0) is 50.5 Å². The first kappa shape index (κ1) is 18.0. The normalized spacial score (nSPS) is 13.2. The number of nitrogens with two attached hydrogens (primary N) is 1. The van der Waals surface area contributed by atoms with E-state index in [0.29, 0.717) is 6.42 Å². The average molecular weight is 326 g/mol.